The number of ether oxygens (including phenoxy) is 3. The molecule has 0 bridgehead atoms. The van der Waals surface area contributed by atoms with Gasteiger partial charge in [0.05, 0.1) is 17.6 Å². The van der Waals surface area contributed by atoms with E-state index in [1.807, 2.05) is 0 Å². The number of phenols is 1. The van der Waals surface area contributed by atoms with Gasteiger partial charge in [0.2, 0.25) is 5.43 Å². The summed E-state index contributed by atoms with van der Waals surface area (Å²) in [5.74, 6) is -0.817. The SMILES string of the molecule is O=C(OC[C@H]1CO[C@@H](c2coc3ccccc3c2=O)O1)c1ccccc1O. The summed E-state index contributed by atoms with van der Waals surface area (Å²) in [6.07, 6.45) is -0.0958. The summed E-state index contributed by atoms with van der Waals surface area (Å²) < 4.78 is 21.8. The second kappa shape index (κ2) is 7.22. The van der Waals surface area contributed by atoms with Crippen molar-refractivity contribution in [1.29, 1.82) is 0 Å². The van der Waals surface area contributed by atoms with E-state index in [9.17, 15) is 14.7 Å². The first kappa shape index (κ1) is 17.3. The van der Waals surface area contributed by atoms with Gasteiger partial charge in [-0.15, -0.1) is 0 Å². The van der Waals surface area contributed by atoms with Gasteiger partial charge in [0.1, 0.15) is 35.9 Å². The normalized spacial score (nSPS) is 19.3. The third-order valence-corrected chi connectivity index (χ3v) is 4.23. The van der Waals surface area contributed by atoms with Crippen LogP contribution in [0.4, 0.5) is 0 Å². The second-order valence-corrected chi connectivity index (χ2v) is 6.06. The molecule has 0 saturated carbocycles. The highest BCUT2D eigenvalue weighted by molar-refractivity contribution is 5.92. The number of carbonyl (C=O) groups excluding carboxylic acids is 1. The van der Waals surface area contributed by atoms with E-state index in [1.165, 1.54) is 18.4 Å². The van der Waals surface area contributed by atoms with Crippen molar-refractivity contribution in [1.82, 2.24) is 0 Å². The fourth-order valence-electron chi connectivity index (χ4n) is 2.85. The number of hydrogen-bond acceptors (Lipinski definition) is 7. The Labute approximate surface area is 153 Å². The molecule has 7 nitrogen and oxygen atoms in total. The zero-order chi connectivity index (χ0) is 18.8. The van der Waals surface area contributed by atoms with Crippen molar-refractivity contribution in [3.63, 3.8) is 0 Å². The minimum Gasteiger partial charge on any atom is -0.507 e. The average Bonchev–Trinajstić information content (AvgIpc) is 3.16. The van der Waals surface area contributed by atoms with Gasteiger partial charge in [-0.3, -0.25) is 4.79 Å². The molecule has 1 N–H and O–H groups in total. The van der Waals surface area contributed by atoms with E-state index in [0.717, 1.165) is 0 Å². The number of phenolic OH excluding ortho intramolecular Hbond substituents is 1. The maximum atomic E-state index is 12.6. The summed E-state index contributed by atoms with van der Waals surface area (Å²) in [6, 6.07) is 13.0. The average molecular weight is 368 g/mol. The third-order valence-electron chi connectivity index (χ3n) is 4.23. The molecule has 0 unspecified atom stereocenters. The van der Waals surface area contributed by atoms with Gasteiger partial charge in [-0.1, -0.05) is 24.3 Å². The predicted molar refractivity (Wildman–Crippen MR) is 94.4 cm³/mol. The summed E-state index contributed by atoms with van der Waals surface area (Å²) in [7, 11) is 0. The number of aromatic hydroxyl groups is 1. The molecule has 138 valence electrons. The van der Waals surface area contributed by atoms with E-state index in [2.05, 4.69) is 0 Å². The van der Waals surface area contributed by atoms with Crippen LogP contribution in [0.2, 0.25) is 0 Å². The molecule has 2 heterocycles. The molecule has 0 amide bonds. The van der Waals surface area contributed by atoms with Gasteiger partial charge in [0.25, 0.3) is 0 Å². The minimum absolute atomic E-state index is 0.0669. The molecule has 2 aromatic carbocycles. The van der Waals surface area contributed by atoms with E-state index >= 15 is 0 Å². The molecule has 3 aromatic rings. The van der Waals surface area contributed by atoms with Gasteiger partial charge >= 0.3 is 5.97 Å². The fraction of sp³-hybridized carbons (Fsp3) is 0.200. The second-order valence-electron chi connectivity index (χ2n) is 6.06. The third kappa shape index (κ3) is 3.42. The lowest BCUT2D eigenvalue weighted by atomic mass is 10.1. The molecule has 2 atom stereocenters. The molecule has 4 rings (SSSR count). The van der Waals surface area contributed by atoms with Crippen molar-refractivity contribution in [2.75, 3.05) is 13.2 Å². The maximum absolute atomic E-state index is 12.6. The number of carbonyl (C=O) groups is 1. The van der Waals surface area contributed by atoms with Crippen LogP contribution >= 0.6 is 0 Å². The summed E-state index contributed by atoms with van der Waals surface area (Å²) >= 11 is 0. The standard InChI is InChI=1S/C20H16O7/c21-16-7-3-1-5-13(16)19(23)25-9-12-10-26-20(27-12)15-11-24-17-8-4-2-6-14(17)18(15)22/h1-8,11-12,20-21H,9-10H2/t12-,20+/m0/s1. The van der Waals surface area contributed by atoms with Crippen molar-refractivity contribution in [3.05, 3.63) is 76.1 Å². The molecule has 1 aromatic heterocycles. The summed E-state index contributed by atoms with van der Waals surface area (Å²) in [4.78, 5) is 24.6. The molecule has 0 radical (unpaired) electrons. The van der Waals surface area contributed by atoms with E-state index < -0.39 is 18.4 Å². The highest BCUT2D eigenvalue weighted by Crippen LogP contribution is 2.27. The Balaban J connectivity index is 1.42. The molecular weight excluding hydrogens is 352 g/mol. The first-order valence-corrected chi connectivity index (χ1v) is 8.36. The van der Waals surface area contributed by atoms with Crippen LogP contribution in [-0.2, 0) is 14.2 Å². The molecule has 1 aliphatic rings. The highest BCUT2D eigenvalue weighted by Gasteiger charge is 2.31. The van der Waals surface area contributed by atoms with Gasteiger partial charge < -0.3 is 23.7 Å². The van der Waals surface area contributed by atoms with E-state index in [4.69, 9.17) is 18.6 Å². The smallest absolute Gasteiger partial charge is 0.342 e. The number of rotatable bonds is 4. The maximum Gasteiger partial charge on any atom is 0.342 e. The van der Waals surface area contributed by atoms with Crippen LogP contribution in [-0.4, -0.2) is 30.4 Å². The number of fused-ring (bicyclic) bond motifs is 1. The quantitative estimate of drug-likeness (QED) is 0.708. The van der Waals surface area contributed by atoms with Gasteiger partial charge in [0, 0.05) is 0 Å². The lowest BCUT2D eigenvalue weighted by Crippen LogP contribution is -2.21. The topological polar surface area (TPSA) is 95.2 Å². The Morgan fingerprint density at radius 1 is 1.15 bits per heavy atom. The molecule has 1 fully saturated rings. The fourth-order valence-corrected chi connectivity index (χ4v) is 2.85. The Kier molecular flexibility index (Phi) is 4.62. The van der Waals surface area contributed by atoms with E-state index in [-0.39, 0.29) is 35.5 Å². The van der Waals surface area contributed by atoms with Gasteiger partial charge in [0.15, 0.2) is 6.29 Å². The van der Waals surface area contributed by atoms with Gasteiger partial charge in [-0.05, 0) is 24.3 Å². The van der Waals surface area contributed by atoms with Gasteiger partial charge in [-0.2, -0.15) is 0 Å². The van der Waals surface area contributed by atoms with Crippen LogP contribution in [0.3, 0.4) is 0 Å². The zero-order valence-electron chi connectivity index (χ0n) is 14.2. The monoisotopic (exact) mass is 368 g/mol. The lowest BCUT2D eigenvalue weighted by molar-refractivity contribution is -0.0710. The molecule has 0 aliphatic carbocycles. The first-order valence-electron chi connectivity index (χ1n) is 8.36. The van der Waals surface area contributed by atoms with Crippen LogP contribution in [0.15, 0.2) is 64.0 Å². The van der Waals surface area contributed by atoms with Crippen molar-refractivity contribution >= 4 is 16.9 Å². The molecule has 0 spiro atoms. The van der Waals surface area contributed by atoms with Crippen LogP contribution in [0, 0.1) is 0 Å². The number of para-hydroxylation sites is 2. The number of hydrogen-bond donors (Lipinski definition) is 1. The van der Waals surface area contributed by atoms with Crippen molar-refractivity contribution in [2.24, 2.45) is 0 Å². The predicted octanol–water partition coefficient (Wildman–Crippen LogP) is 2.77. The number of esters is 1. The Morgan fingerprint density at radius 2 is 1.93 bits per heavy atom. The lowest BCUT2D eigenvalue weighted by Gasteiger charge is -2.12. The first-order chi connectivity index (χ1) is 13.1. The molecule has 27 heavy (non-hydrogen) atoms. The number of benzene rings is 2. The Hall–Kier alpha value is -3.16. The summed E-state index contributed by atoms with van der Waals surface area (Å²) in [5, 5.41) is 10.1. The van der Waals surface area contributed by atoms with Crippen molar-refractivity contribution in [2.45, 2.75) is 12.4 Å². The van der Waals surface area contributed by atoms with Crippen LogP contribution in [0.5, 0.6) is 5.75 Å². The van der Waals surface area contributed by atoms with Crippen molar-refractivity contribution in [3.8, 4) is 5.75 Å². The molecular formula is C20H16O7. The van der Waals surface area contributed by atoms with Crippen LogP contribution in [0.25, 0.3) is 11.0 Å². The molecule has 7 heteroatoms. The Morgan fingerprint density at radius 3 is 2.78 bits per heavy atom. The largest absolute Gasteiger partial charge is 0.507 e. The van der Waals surface area contributed by atoms with Gasteiger partial charge in [-0.25, -0.2) is 4.79 Å². The minimum atomic E-state index is -0.889. The van der Waals surface area contributed by atoms with Crippen LogP contribution in [0.1, 0.15) is 22.2 Å². The summed E-state index contributed by atoms with van der Waals surface area (Å²) in [5.41, 5.74) is 0.581. The zero-order valence-corrected chi connectivity index (χ0v) is 14.2. The van der Waals surface area contributed by atoms with Crippen molar-refractivity contribution < 1.29 is 28.5 Å². The Bertz CT molecular complexity index is 1040. The molecule has 1 saturated heterocycles. The highest BCUT2D eigenvalue weighted by atomic mass is 16.7. The summed E-state index contributed by atoms with van der Waals surface area (Å²) in [6.45, 7) is 0.0908. The van der Waals surface area contributed by atoms with Crippen LogP contribution < -0.4 is 5.43 Å². The molecule has 1 aliphatic heterocycles. The van der Waals surface area contributed by atoms with E-state index in [0.29, 0.717) is 11.0 Å². The van der Waals surface area contributed by atoms with E-state index in [1.54, 1.807) is 36.4 Å².